The third-order valence-corrected chi connectivity index (χ3v) is 4.62. The standard InChI is InChI=1S/C18H18F3N7O/c1-11(29)25-12-3-5-27(9-12)15-2-4-22-17(26-15)14-7-24-16-8-23-13(10-28(14)16)6-18(19,20)21/h2,4,7-8,10,12H,3,5-6,9H2,1H3,(H,25,29). The zero-order valence-electron chi connectivity index (χ0n) is 15.5. The third kappa shape index (κ3) is 4.28. The van der Waals surface area contributed by atoms with Crippen LogP contribution in [0.2, 0.25) is 0 Å². The van der Waals surface area contributed by atoms with Gasteiger partial charge in [0.25, 0.3) is 0 Å². The summed E-state index contributed by atoms with van der Waals surface area (Å²) in [7, 11) is 0. The molecule has 1 atom stereocenters. The van der Waals surface area contributed by atoms with Gasteiger partial charge in [0, 0.05) is 38.4 Å². The van der Waals surface area contributed by atoms with E-state index in [4.69, 9.17) is 0 Å². The van der Waals surface area contributed by atoms with Gasteiger partial charge in [-0.15, -0.1) is 0 Å². The molecule has 29 heavy (non-hydrogen) atoms. The lowest BCUT2D eigenvalue weighted by Gasteiger charge is -2.18. The number of nitrogens with one attached hydrogen (secondary N) is 1. The van der Waals surface area contributed by atoms with Crippen molar-refractivity contribution in [3.63, 3.8) is 0 Å². The fourth-order valence-electron chi connectivity index (χ4n) is 3.41. The highest BCUT2D eigenvalue weighted by molar-refractivity contribution is 5.73. The first kappa shape index (κ1) is 19.1. The number of anilines is 1. The summed E-state index contributed by atoms with van der Waals surface area (Å²) in [6, 6.07) is 1.82. The highest BCUT2D eigenvalue weighted by Gasteiger charge is 2.29. The van der Waals surface area contributed by atoms with E-state index >= 15 is 0 Å². The number of carbonyl (C=O) groups excluding carboxylic acids is 1. The number of carbonyl (C=O) groups is 1. The number of fused-ring (bicyclic) bond motifs is 1. The van der Waals surface area contributed by atoms with Crippen LogP contribution >= 0.6 is 0 Å². The van der Waals surface area contributed by atoms with Crippen LogP contribution in [0.15, 0.2) is 30.9 Å². The maximum absolute atomic E-state index is 12.7. The van der Waals surface area contributed by atoms with Gasteiger partial charge < -0.3 is 10.2 Å². The summed E-state index contributed by atoms with van der Waals surface area (Å²) in [5.41, 5.74) is 0.773. The SMILES string of the molecule is CC(=O)NC1CCN(c2ccnc(-c3cnc4cnc(CC(F)(F)F)cn34)n2)C1. The molecular weight excluding hydrogens is 387 g/mol. The van der Waals surface area contributed by atoms with Crippen molar-refractivity contribution in [2.24, 2.45) is 0 Å². The van der Waals surface area contributed by atoms with Crippen molar-refractivity contribution in [1.29, 1.82) is 0 Å². The Hall–Kier alpha value is -3.24. The molecule has 0 aliphatic carbocycles. The molecule has 1 fully saturated rings. The summed E-state index contributed by atoms with van der Waals surface area (Å²) in [6.07, 6.45) is 1.05. The van der Waals surface area contributed by atoms with E-state index in [1.807, 2.05) is 4.90 Å². The zero-order valence-corrected chi connectivity index (χ0v) is 15.5. The van der Waals surface area contributed by atoms with E-state index in [1.54, 1.807) is 12.3 Å². The summed E-state index contributed by atoms with van der Waals surface area (Å²) < 4.78 is 39.6. The second kappa shape index (κ2) is 7.30. The highest BCUT2D eigenvalue weighted by atomic mass is 19.4. The topological polar surface area (TPSA) is 88.3 Å². The van der Waals surface area contributed by atoms with Crippen LogP contribution in [-0.4, -0.2) is 55.6 Å². The van der Waals surface area contributed by atoms with Gasteiger partial charge in [0.2, 0.25) is 5.91 Å². The maximum Gasteiger partial charge on any atom is 0.394 e. The number of hydrogen-bond donors (Lipinski definition) is 1. The number of aromatic nitrogens is 5. The van der Waals surface area contributed by atoms with Crippen LogP contribution in [0.1, 0.15) is 19.0 Å². The minimum absolute atomic E-state index is 0.0534. The molecule has 4 heterocycles. The first-order valence-corrected chi connectivity index (χ1v) is 9.03. The molecule has 1 N–H and O–H groups in total. The van der Waals surface area contributed by atoms with Crippen molar-refractivity contribution in [1.82, 2.24) is 29.7 Å². The van der Waals surface area contributed by atoms with Crippen molar-refractivity contribution >= 4 is 17.4 Å². The minimum atomic E-state index is -4.35. The summed E-state index contributed by atoms with van der Waals surface area (Å²) in [5, 5.41) is 2.90. The molecule has 1 saturated heterocycles. The number of amides is 1. The number of rotatable bonds is 4. The van der Waals surface area contributed by atoms with Crippen molar-refractivity contribution in [2.45, 2.75) is 32.0 Å². The summed E-state index contributed by atoms with van der Waals surface area (Å²) in [6.45, 7) is 2.84. The number of hydrogen-bond acceptors (Lipinski definition) is 6. The Bertz CT molecular complexity index is 1050. The number of nitrogens with zero attached hydrogens (tertiary/aromatic N) is 6. The van der Waals surface area contributed by atoms with Crippen LogP contribution in [0.4, 0.5) is 19.0 Å². The molecule has 0 aromatic carbocycles. The van der Waals surface area contributed by atoms with E-state index in [0.717, 1.165) is 13.0 Å². The molecule has 152 valence electrons. The molecule has 0 spiro atoms. The van der Waals surface area contributed by atoms with Gasteiger partial charge in [-0.2, -0.15) is 13.2 Å². The molecule has 0 saturated carbocycles. The van der Waals surface area contributed by atoms with E-state index < -0.39 is 12.6 Å². The Morgan fingerprint density at radius 2 is 2.10 bits per heavy atom. The first-order valence-electron chi connectivity index (χ1n) is 9.03. The van der Waals surface area contributed by atoms with Gasteiger partial charge in [0.1, 0.15) is 11.5 Å². The molecule has 3 aromatic heterocycles. The lowest BCUT2D eigenvalue weighted by Crippen LogP contribution is -2.35. The van der Waals surface area contributed by atoms with Gasteiger partial charge >= 0.3 is 6.18 Å². The van der Waals surface area contributed by atoms with Crippen molar-refractivity contribution in [2.75, 3.05) is 18.0 Å². The Morgan fingerprint density at radius 1 is 1.28 bits per heavy atom. The predicted molar refractivity (Wildman–Crippen MR) is 98.2 cm³/mol. The van der Waals surface area contributed by atoms with Crippen molar-refractivity contribution in [3.05, 3.63) is 36.5 Å². The van der Waals surface area contributed by atoms with Gasteiger partial charge in [-0.1, -0.05) is 0 Å². The van der Waals surface area contributed by atoms with E-state index in [1.165, 1.54) is 29.9 Å². The number of imidazole rings is 1. The lowest BCUT2D eigenvalue weighted by molar-refractivity contribution is -0.128. The monoisotopic (exact) mass is 405 g/mol. The van der Waals surface area contributed by atoms with Gasteiger partial charge in [-0.25, -0.2) is 15.0 Å². The molecule has 1 aliphatic heterocycles. The normalized spacial score (nSPS) is 17.1. The Kier molecular flexibility index (Phi) is 4.81. The molecular formula is C18H18F3N7O. The summed E-state index contributed by atoms with van der Waals surface area (Å²) >= 11 is 0. The van der Waals surface area contributed by atoms with E-state index in [2.05, 4.69) is 25.3 Å². The van der Waals surface area contributed by atoms with Crippen LogP contribution in [0.3, 0.4) is 0 Å². The lowest BCUT2D eigenvalue weighted by atomic mass is 10.3. The van der Waals surface area contributed by atoms with Gasteiger partial charge in [0.05, 0.1) is 24.5 Å². The average molecular weight is 405 g/mol. The fraction of sp³-hybridized carbons (Fsp3) is 0.389. The van der Waals surface area contributed by atoms with E-state index in [0.29, 0.717) is 29.5 Å². The van der Waals surface area contributed by atoms with Crippen molar-refractivity contribution in [3.8, 4) is 11.5 Å². The Balaban J connectivity index is 1.62. The van der Waals surface area contributed by atoms with Crippen LogP contribution in [0.25, 0.3) is 17.2 Å². The van der Waals surface area contributed by atoms with Gasteiger partial charge in [-0.3, -0.25) is 14.2 Å². The quantitative estimate of drug-likeness (QED) is 0.715. The van der Waals surface area contributed by atoms with Gasteiger partial charge in [-0.05, 0) is 12.5 Å². The molecule has 1 amide bonds. The van der Waals surface area contributed by atoms with E-state index in [-0.39, 0.29) is 17.6 Å². The Morgan fingerprint density at radius 3 is 2.86 bits per heavy atom. The second-order valence-corrected chi connectivity index (χ2v) is 6.91. The predicted octanol–water partition coefficient (Wildman–Crippen LogP) is 2.01. The van der Waals surface area contributed by atoms with E-state index in [9.17, 15) is 18.0 Å². The molecule has 11 heteroatoms. The second-order valence-electron chi connectivity index (χ2n) is 6.91. The summed E-state index contributed by atoms with van der Waals surface area (Å²) in [5.74, 6) is 0.957. The molecule has 0 radical (unpaired) electrons. The molecule has 1 aliphatic rings. The maximum atomic E-state index is 12.7. The highest BCUT2D eigenvalue weighted by Crippen LogP contribution is 2.24. The van der Waals surface area contributed by atoms with Crippen LogP contribution in [0.5, 0.6) is 0 Å². The van der Waals surface area contributed by atoms with Crippen molar-refractivity contribution < 1.29 is 18.0 Å². The fourth-order valence-corrected chi connectivity index (χ4v) is 3.41. The third-order valence-electron chi connectivity index (χ3n) is 4.62. The zero-order chi connectivity index (χ0) is 20.6. The average Bonchev–Trinajstić information content (AvgIpc) is 3.26. The number of alkyl halides is 3. The summed E-state index contributed by atoms with van der Waals surface area (Å²) in [4.78, 5) is 30.1. The number of halogens is 3. The molecule has 3 aromatic rings. The minimum Gasteiger partial charge on any atom is -0.354 e. The Labute approximate surface area is 163 Å². The molecule has 4 rings (SSSR count). The smallest absolute Gasteiger partial charge is 0.354 e. The van der Waals surface area contributed by atoms with Crippen LogP contribution < -0.4 is 10.2 Å². The van der Waals surface area contributed by atoms with Crippen LogP contribution in [0, 0.1) is 0 Å². The first-order chi connectivity index (χ1) is 13.8. The molecule has 8 nitrogen and oxygen atoms in total. The molecule has 0 bridgehead atoms. The largest absolute Gasteiger partial charge is 0.394 e. The van der Waals surface area contributed by atoms with Crippen LogP contribution in [-0.2, 0) is 11.2 Å². The van der Waals surface area contributed by atoms with Gasteiger partial charge in [0.15, 0.2) is 11.5 Å². The molecule has 1 unspecified atom stereocenters.